The summed E-state index contributed by atoms with van der Waals surface area (Å²) < 4.78 is 5.23. The number of nitrogens with zero attached hydrogens (tertiary/aromatic N) is 2. The number of carbonyl (C=O) groups excluding carboxylic acids is 1. The lowest BCUT2D eigenvalue weighted by Crippen LogP contribution is -2.41. The lowest BCUT2D eigenvalue weighted by Gasteiger charge is -2.23. The van der Waals surface area contributed by atoms with Gasteiger partial charge in [-0.3, -0.25) is 9.78 Å². The van der Waals surface area contributed by atoms with Crippen molar-refractivity contribution in [3.05, 3.63) is 24.0 Å². The van der Waals surface area contributed by atoms with Crippen molar-refractivity contribution in [3.8, 4) is 5.75 Å². The third-order valence-corrected chi connectivity index (χ3v) is 4.12. The van der Waals surface area contributed by atoms with Gasteiger partial charge in [-0.2, -0.15) is 0 Å². The van der Waals surface area contributed by atoms with E-state index in [-0.39, 0.29) is 18.6 Å². The average molecular weight is 307 g/mol. The number of hydrogen-bond acceptors (Lipinski definition) is 4. The third-order valence-electron chi connectivity index (χ3n) is 4.12. The Morgan fingerprint density at radius 3 is 2.86 bits per heavy atom. The number of amides is 2. The Bertz CT molecular complexity index is 578. The normalized spacial score (nSPS) is 22.2. The number of nitrogens with one attached hydrogen (secondary N) is 1. The molecule has 120 valence electrons. The second kappa shape index (κ2) is 6.21. The zero-order valence-electron chi connectivity index (χ0n) is 13.0. The first-order chi connectivity index (χ1) is 10.4. The fourth-order valence-electron chi connectivity index (χ4n) is 2.58. The highest BCUT2D eigenvalue weighted by molar-refractivity contribution is 5.79. The van der Waals surface area contributed by atoms with E-state index in [0.29, 0.717) is 18.7 Å². The first-order valence-corrected chi connectivity index (χ1v) is 7.14. The number of aromatic nitrogens is 1. The molecule has 0 saturated carbocycles. The molecule has 1 aromatic rings. The zero-order chi connectivity index (χ0) is 16.3. The highest BCUT2D eigenvalue weighted by Crippen LogP contribution is 2.30. The van der Waals surface area contributed by atoms with Gasteiger partial charge in [0.05, 0.1) is 24.8 Å². The minimum absolute atomic E-state index is 0.217. The van der Waals surface area contributed by atoms with Crippen LogP contribution in [0.5, 0.6) is 5.75 Å². The smallest absolute Gasteiger partial charge is 0.317 e. The van der Waals surface area contributed by atoms with E-state index in [1.54, 1.807) is 32.5 Å². The predicted molar refractivity (Wildman–Crippen MR) is 79.7 cm³/mol. The van der Waals surface area contributed by atoms with E-state index in [1.807, 2.05) is 6.92 Å². The molecule has 22 heavy (non-hydrogen) atoms. The summed E-state index contributed by atoms with van der Waals surface area (Å²) in [6, 6.07) is 1.26. The van der Waals surface area contributed by atoms with Gasteiger partial charge < -0.3 is 20.1 Å². The molecule has 2 atom stereocenters. The Labute approximate surface area is 129 Å². The molecule has 2 heterocycles. The molecule has 2 rings (SSSR count). The maximum Gasteiger partial charge on any atom is 0.317 e. The van der Waals surface area contributed by atoms with Crippen molar-refractivity contribution >= 4 is 12.0 Å². The average Bonchev–Trinajstić information content (AvgIpc) is 2.91. The maximum absolute atomic E-state index is 12.3. The number of carboxylic acids is 1. The number of carboxylic acid groups (broad SMARTS) is 1. The van der Waals surface area contributed by atoms with Crippen LogP contribution in [0.3, 0.4) is 0 Å². The second-order valence-electron chi connectivity index (χ2n) is 5.83. The summed E-state index contributed by atoms with van der Waals surface area (Å²) in [4.78, 5) is 29.1. The molecular weight excluding hydrogens is 286 g/mol. The standard InChI is InChI=1S/C15H21N3O4/c1-10(11-4-6-16-8-12(11)22-3)17-14(21)18-7-5-15(2,9-18)13(19)20/h4,6,8,10H,5,7,9H2,1-3H3,(H,17,21)(H,19,20). The van der Waals surface area contributed by atoms with E-state index in [2.05, 4.69) is 10.3 Å². The number of aliphatic carboxylic acids is 1. The summed E-state index contributed by atoms with van der Waals surface area (Å²) in [5, 5.41) is 12.1. The highest BCUT2D eigenvalue weighted by atomic mass is 16.5. The Morgan fingerprint density at radius 1 is 1.55 bits per heavy atom. The monoisotopic (exact) mass is 307 g/mol. The van der Waals surface area contributed by atoms with Gasteiger partial charge in [-0.1, -0.05) is 0 Å². The minimum atomic E-state index is -0.869. The molecule has 2 amide bonds. The molecule has 1 aromatic heterocycles. The molecule has 1 aliphatic rings. The van der Waals surface area contributed by atoms with Crippen LogP contribution in [0, 0.1) is 5.41 Å². The number of methoxy groups -OCH3 is 1. The molecule has 0 radical (unpaired) electrons. The molecular formula is C15H21N3O4. The molecule has 1 saturated heterocycles. The van der Waals surface area contributed by atoms with Crippen LogP contribution >= 0.6 is 0 Å². The quantitative estimate of drug-likeness (QED) is 0.882. The number of pyridine rings is 1. The Morgan fingerprint density at radius 2 is 2.27 bits per heavy atom. The van der Waals surface area contributed by atoms with Crippen LogP contribution in [0.25, 0.3) is 0 Å². The summed E-state index contributed by atoms with van der Waals surface area (Å²) in [5.41, 5.74) is -0.0411. The molecule has 0 aliphatic carbocycles. The van der Waals surface area contributed by atoms with E-state index >= 15 is 0 Å². The van der Waals surface area contributed by atoms with Crippen molar-refractivity contribution in [1.29, 1.82) is 0 Å². The summed E-state index contributed by atoms with van der Waals surface area (Å²) in [7, 11) is 1.55. The van der Waals surface area contributed by atoms with Gasteiger partial charge >= 0.3 is 12.0 Å². The fraction of sp³-hybridized carbons (Fsp3) is 0.533. The largest absolute Gasteiger partial charge is 0.495 e. The van der Waals surface area contributed by atoms with Crippen LogP contribution in [0.2, 0.25) is 0 Å². The molecule has 0 bridgehead atoms. The third kappa shape index (κ3) is 3.13. The number of rotatable bonds is 4. The van der Waals surface area contributed by atoms with E-state index in [1.165, 1.54) is 4.90 Å². The van der Waals surface area contributed by atoms with Crippen molar-refractivity contribution in [2.24, 2.45) is 5.41 Å². The molecule has 7 nitrogen and oxygen atoms in total. The van der Waals surface area contributed by atoms with Crippen LogP contribution in [-0.2, 0) is 4.79 Å². The Kier molecular flexibility index (Phi) is 4.54. The fourth-order valence-corrected chi connectivity index (χ4v) is 2.58. The summed E-state index contributed by atoms with van der Waals surface area (Å²) in [6.07, 6.45) is 3.69. The van der Waals surface area contributed by atoms with Crippen molar-refractivity contribution in [1.82, 2.24) is 15.2 Å². The lowest BCUT2D eigenvalue weighted by molar-refractivity contribution is -0.146. The van der Waals surface area contributed by atoms with Gasteiger partial charge in [0.25, 0.3) is 0 Å². The number of carbonyl (C=O) groups is 2. The molecule has 2 unspecified atom stereocenters. The van der Waals surface area contributed by atoms with Gasteiger partial charge in [-0.25, -0.2) is 4.79 Å². The van der Waals surface area contributed by atoms with E-state index < -0.39 is 11.4 Å². The molecule has 1 aliphatic heterocycles. The van der Waals surface area contributed by atoms with Crippen LogP contribution in [-0.4, -0.2) is 47.2 Å². The van der Waals surface area contributed by atoms with Crippen molar-refractivity contribution < 1.29 is 19.4 Å². The van der Waals surface area contributed by atoms with Gasteiger partial charge in [-0.05, 0) is 26.3 Å². The Hall–Kier alpha value is -2.31. The summed E-state index contributed by atoms with van der Waals surface area (Å²) in [5.74, 6) is -0.265. The van der Waals surface area contributed by atoms with Gasteiger partial charge in [-0.15, -0.1) is 0 Å². The highest BCUT2D eigenvalue weighted by Gasteiger charge is 2.42. The SMILES string of the molecule is COc1cnccc1C(C)NC(=O)N1CCC(C)(C(=O)O)C1. The van der Waals surface area contributed by atoms with E-state index in [9.17, 15) is 14.7 Å². The van der Waals surface area contributed by atoms with E-state index in [4.69, 9.17) is 4.74 Å². The summed E-state index contributed by atoms with van der Waals surface area (Å²) >= 11 is 0. The zero-order valence-corrected chi connectivity index (χ0v) is 13.0. The first-order valence-electron chi connectivity index (χ1n) is 7.14. The molecule has 7 heteroatoms. The van der Waals surface area contributed by atoms with E-state index in [0.717, 1.165) is 5.56 Å². The number of ether oxygens (including phenoxy) is 1. The van der Waals surface area contributed by atoms with Gasteiger partial charge in [0, 0.05) is 24.8 Å². The van der Waals surface area contributed by atoms with Crippen LogP contribution in [0.15, 0.2) is 18.5 Å². The van der Waals surface area contributed by atoms with Gasteiger partial charge in [0.1, 0.15) is 5.75 Å². The second-order valence-corrected chi connectivity index (χ2v) is 5.83. The van der Waals surface area contributed by atoms with Crippen LogP contribution in [0.1, 0.15) is 31.9 Å². The van der Waals surface area contributed by atoms with Crippen molar-refractivity contribution in [2.75, 3.05) is 20.2 Å². The van der Waals surface area contributed by atoms with Gasteiger partial charge in [0.2, 0.25) is 0 Å². The van der Waals surface area contributed by atoms with Crippen molar-refractivity contribution in [2.45, 2.75) is 26.3 Å². The molecule has 0 aromatic carbocycles. The predicted octanol–water partition coefficient (Wildman–Crippen LogP) is 1.66. The Balaban J connectivity index is 2.02. The van der Waals surface area contributed by atoms with Gasteiger partial charge in [0.15, 0.2) is 0 Å². The lowest BCUT2D eigenvalue weighted by atomic mass is 9.90. The maximum atomic E-state index is 12.3. The number of hydrogen-bond donors (Lipinski definition) is 2. The minimum Gasteiger partial charge on any atom is -0.495 e. The number of likely N-dealkylation sites (tertiary alicyclic amines) is 1. The number of urea groups is 1. The molecule has 1 fully saturated rings. The van der Waals surface area contributed by atoms with Crippen LogP contribution in [0.4, 0.5) is 4.79 Å². The summed E-state index contributed by atoms with van der Waals surface area (Å²) in [6.45, 7) is 4.17. The topological polar surface area (TPSA) is 91.8 Å². The van der Waals surface area contributed by atoms with Crippen LogP contribution < -0.4 is 10.1 Å². The first kappa shape index (κ1) is 16.1. The van der Waals surface area contributed by atoms with Crippen molar-refractivity contribution in [3.63, 3.8) is 0 Å². The molecule has 0 spiro atoms. The molecule has 2 N–H and O–H groups in total.